The first kappa shape index (κ1) is 12.8. The van der Waals surface area contributed by atoms with Gasteiger partial charge in [-0.3, -0.25) is 0 Å². The predicted octanol–water partition coefficient (Wildman–Crippen LogP) is 4.04. The van der Waals surface area contributed by atoms with E-state index in [0.29, 0.717) is 0 Å². The smallest absolute Gasteiger partial charge is 0.0307 e. The Morgan fingerprint density at radius 1 is 0.842 bits per heavy atom. The molecule has 96 valence electrons. The van der Waals surface area contributed by atoms with Crippen LogP contribution in [0.4, 0.5) is 0 Å². The number of allylic oxidation sites excluding steroid dienone is 1. The van der Waals surface area contributed by atoms with E-state index in [0.717, 1.165) is 5.92 Å². The van der Waals surface area contributed by atoms with E-state index in [4.69, 9.17) is 11.8 Å². The molecule has 0 bridgehead atoms. The van der Waals surface area contributed by atoms with Gasteiger partial charge < -0.3 is 0 Å². The minimum absolute atomic E-state index is 0.773. The van der Waals surface area contributed by atoms with E-state index < -0.39 is 6.04 Å². The maximum absolute atomic E-state index is 6.11. The minimum Gasteiger partial charge on any atom is -0.0832 e. The van der Waals surface area contributed by atoms with Gasteiger partial charge in [0.05, 0.1) is 0 Å². The van der Waals surface area contributed by atoms with E-state index in [9.17, 15) is 0 Å². The second kappa shape index (κ2) is 5.45. The molecule has 2 aromatic rings. The minimum atomic E-state index is -1.79. The lowest BCUT2D eigenvalue weighted by Crippen LogP contribution is -2.13. The maximum atomic E-state index is 6.11. The molecule has 0 heterocycles. The molecule has 0 radical (unpaired) electrons. The molecule has 1 aliphatic carbocycles. The third-order valence-electron chi connectivity index (χ3n) is 3.47. The number of hydrogen-bond acceptors (Lipinski definition) is 1. The van der Waals surface area contributed by atoms with Crippen LogP contribution in [-0.4, -0.2) is 0 Å². The molecule has 0 atom stereocenters. The Balaban J connectivity index is 2.07. The lowest BCUT2D eigenvalue weighted by Gasteiger charge is -2.19. The Kier molecular flexibility index (Phi) is 3.68. The highest BCUT2D eigenvalue weighted by Crippen LogP contribution is 2.47. The van der Waals surface area contributed by atoms with Crippen molar-refractivity contribution in [3.63, 3.8) is 0 Å². The highest BCUT2D eigenvalue weighted by atomic mass is 32.4. The molecule has 1 fully saturated rings. The molecule has 0 spiro atoms. The van der Waals surface area contributed by atoms with Gasteiger partial charge >= 0.3 is 0 Å². The second-order valence-corrected chi connectivity index (χ2v) is 9.38. The molecule has 2 heteroatoms. The monoisotopic (exact) mass is 284 g/mol. The summed E-state index contributed by atoms with van der Waals surface area (Å²) in [6, 6.07) is 19.4. The fourth-order valence-electron chi connectivity index (χ4n) is 2.15. The summed E-state index contributed by atoms with van der Waals surface area (Å²) in [6.07, 6.45) is 5.01. The zero-order valence-corrected chi connectivity index (χ0v) is 12.5. The van der Waals surface area contributed by atoms with Gasteiger partial charge in [-0.15, -0.1) is 0 Å². The molecule has 2 aromatic carbocycles. The lowest BCUT2D eigenvalue weighted by molar-refractivity contribution is 1.13. The van der Waals surface area contributed by atoms with Gasteiger partial charge in [-0.25, -0.2) is 0 Å². The predicted molar refractivity (Wildman–Crippen MR) is 88.3 cm³/mol. The molecule has 0 amide bonds. The van der Waals surface area contributed by atoms with Crippen molar-refractivity contribution >= 4 is 28.5 Å². The first-order valence-electron chi connectivity index (χ1n) is 6.69. The van der Waals surface area contributed by atoms with Crippen molar-refractivity contribution < 1.29 is 0 Å². The van der Waals surface area contributed by atoms with E-state index >= 15 is 0 Å². The fraction of sp³-hybridized carbons (Fsp3) is 0.176. The van der Waals surface area contributed by atoms with Gasteiger partial charge in [-0.05, 0) is 35.2 Å². The summed E-state index contributed by atoms with van der Waals surface area (Å²) in [5.41, 5.74) is 0. The molecule has 0 aliphatic heterocycles. The SMILES string of the molecule is S=P(/C=C/C1CC1)(c1ccccc1)c1ccccc1. The quantitative estimate of drug-likeness (QED) is 0.764. The third-order valence-corrected chi connectivity index (χ3v) is 7.82. The van der Waals surface area contributed by atoms with Crippen LogP contribution >= 0.6 is 6.04 Å². The first-order chi connectivity index (χ1) is 9.29. The Morgan fingerprint density at radius 3 is 1.74 bits per heavy atom. The summed E-state index contributed by atoms with van der Waals surface area (Å²) in [7, 11) is 0. The Hall–Kier alpha value is -1.17. The topological polar surface area (TPSA) is 0 Å². The summed E-state index contributed by atoms with van der Waals surface area (Å²) in [6.45, 7) is 0. The van der Waals surface area contributed by atoms with Crippen molar-refractivity contribution in [1.82, 2.24) is 0 Å². The summed E-state index contributed by atoms with van der Waals surface area (Å²) in [5.74, 6) is 3.10. The second-order valence-electron chi connectivity index (χ2n) is 5.01. The first-order valence-corrected chi connectivity index (χ1v) is 9.56. The van der Waals surface area contributed by atoms with Crippen LogP contribution in [0.25, 0.3) is 0 Å². The molecule has 0 N–H and O–H groups in total. The standard InChI is InChI=1S/C17H17PS/c19-18(14-13-15-11-12-15,16-7-3-1-4-8-16)17-9-5-2-6-10-17/h1-10,13-15H,11-12H2/b14-13+. The van der Waals surface area contributed by atoms with E-state index in [1.165, 1.54) is 23.5 Å². The summed E-state index contributed by atoms with van der Waals surface area (Å²) >= 11 is 6.11. The van der Waals surface area contributed by atoms with Crippen LogP contribution in [0.1, 0.15) is 12.8 Å². The van der Waals surface area contributed by atoms with Crippen LogP contribution in [0, 0.1) is 5.92 Å². The lowest BCUT2D eigenvalue weighted by atomic mass is 10.4. The molecule has 19 heavy (non-hydrogen) atoms. The molecule has 1 aliphatic rings. The average Bonchev–Trinajstić information content (AvgIpc) is 3.31. The molecule has 1 saturated carbocycles. The van der Waals surface area contributed by atoms with Crippen molar-refractivity contribution in [3.8, 4) is 0 Å². The summed E-state index contributed by atoms with van der Waals surface area (Å²) < 4.78 is 0. The van der Waals surface area contributed by atoms with E-state index in [1.54, 1.807) is 0 Å². The van der Waals surface area contributed by atoms with Gasteiger partial charge in [0.25, 0.3) is 0 Å². The van der Waals surface area contributed by atoms with Crippen LogP contribution in [0.5, 0.6) is 0 Å². The molecule has 0 nitrogen and oxygen atoms in total. The number of benzene rings is 2. The molecule has 0 aromatic heterocycles. The molecular formula is C17H17PS. The number of hydrogen-bond donors (Lipinski definition) is 0. The Morgan fingerprint density at radius 2 is 1.32 bits per heavy atom. The highest BCUT2D eigenvalue weighted by Gasteiger charge is 2.22. The van der Waals surface area contributed by atoms with Gasteiger partial charge in [0.2, 0.25) is 0 Å². The molecule has 3 rings (SSSR count). The Labute approximate surface area is 120 Å². The third kappa shape index (κ3) is 2.88. The van der Waals surface area contributed by atoms with Crippen molar-refractivity contribution in [1.29, 1.82) is 0 Å². The fourth-order valence-corrected chi connectivity index (χ4v) is 5.45. The van der Waals surface area contributed by atoms with E-state index in [2.05, 4.69) is 72.6 Å². The number of rotatable bonds is 4. The van der Waals surface area contributed by atoms with Crippen LogP contribution in [0.15, 0.2) is 72.6 Å². The zero-order valence-electron chi connectivity index (χ0n) is 10.8. The Bertz CT molecular complexity index is 569. The maximum Gasteiger partial charge on any atom is 0.0307 e. The van der Waals surface area contributed by atoms with Crippen LogP contribution in [0.2, 0.25) is 0 Å². The van der Waals surface area contributed by atoms with Crippen molar-refractivity contribution in [2.75, 3.05) is 0 Å². The zero-order chi connectivity index (χ0) is 13.1. The normalized spacial score (nSPS) is 15.8. The summed E-state index contributed by atoms with van der Waals surface area (Å²) in [5, 5.41) is 2.57. The van der Waals surface area contributed by atoms with Gasteiger partial charge in [0.1, 0.15) is 0 Å². The molecular weight excluding hydrogens is 267 g/mol. The van der Waals surface area contributed by atoms with Crippen molar-refractivity contribution in [3.05, 3.63) is 72.6 Å². The molecule has 0 unspecified atom stereocenters. The van der Waals surface area contributed by atoms with E-state index in [-0.39, 0.29) is 0 Å². The largest absolute Gasteiger partial charge is 0.0832 e. The van der Waals surface area contributed by atoms with Gasteiger partial charge in [0, 0.05) is 6.04 Å². The van der Waals surface area contributed by atoms with Gasteiger partial charge in [-0.2, -0.15) is 0 Å². The van der Waals surface area contributed by atoms with E-state index in [1.807, 2.05) is 0 Å². The molecule has 0 saturated heterocycles. The van der Waals surface area contributed by atoms with Crippen LogP contribution < -0.4 is 10.6 Å². The summed E-state index contributed by atoms with van der Waals surface area (Å²) in [4.78, 5) is 0. The average molecular weight is 284 g/mol. The van der Waals surface area contributed by atoms with Crippen molar-refractivity contribution in [2.24, 2.45) is 5.92 Å². The van der Waals surface area contributed by atoms with Crippen LogP contribution in [-0.2, 0) is 11.8 Å². The van der Waals surface area contributed by atoms with Gasteiger partial charge in [0.15, 0.2) is 0 Å². The van der Waals surface area contributed by atoms with Crippen LogP contribution in [0.3, 0.4) is 0 Å². The van der Waals surface area contributed by atoms with Crippen molar-refractivity contribution in [2.45, 2.75) is 12.8 Å². The highest BCUT2D eigenvalue weighted by molar-refractivity contribution is 8.23. The van der Waals surface area contributed by atoms with Gasteiger partial charge in [-0.1, -0.05) is 78.5 Å².